The molecule has 4 unspecified atom stereocenters. The first kappa shape index (κ1) is 20.4. The third-order valence-corrected chi connectivity index (χ3v) is 4.28. The van der Waals surface area contributed by atoms with Gasteiger partial charge < -0.3 is 15.3 Å². The summed E-state index contributed by atoms with van der Waals surface area (Å²) in [5, 5.41) is 28.2. The molecule has 0 spiro atoms. The van der Waals surface area contributed by atoms with Crippen LogP contribution in [0.3, 0.4) is 0 Å². The van der Waals surface area contributed by atoms with E-state index in [0.717, 1.165) is 0 Å². The Kier molecular flexibility index (Phi) is 8.12. The van der Waals surface area contributed by atoms with Crippen LogP contribution in [-0.2, 0) is 14.4 Å². The predicted molar refractivity (Wildman–Crippen MR) is 81.5 cm³/mol. The molecule has 0 aromatic heterocycles. The van der Waals surface area contributed by atoms with Gasteiger partial charge in [-0.05, 0) is 30.6 Å². The summed E-state index contributed by atoms with van der Waals surface area (Å²) in [6.45, 7) is 9.31. The van der Waals surface area contributed by atoms with Gasteiger partial charge >= 0.3 is 17.9 Å². The molecule has 0 fully saturated rings. The van der Waals surface area contributed by atoms with E-state index >= 15 is 0 Å². The molecule has 0 saturated carbocycles. The molecule has 0 aliphatic heterocycles. The first-order valence-corrected chi connectivity index (χ1v) is 7.67. The Labute approximate surface area is 131 Å². The highest BCUT2D eigenvalue weighted by Crippen LogP contribution is 2.33. The number of carboxylic acid groups (broad SMARTS) is 3. The Hall–Kier alpha value is -1.59. The molecule has 0 bridgehead atoms. The highest BCUT2D eigenvalue weighted by Gasteiger charge is 2.43. The molecular weight excluding hydrogens is 288 g/mol. The molecule has 0 aromatic carbocycles. The van der Waals surface area contributed by atoms with E-state index in [9.17, 15) is 29.7 Å². The Morgan fingerprint density at radius 3 is 1.41 bits per heavy atom. The molecule has 22 heavy (non-hydrogen) atoms. The zero-order valence-electron chi connectivity index (χ0n) is 13.9. The predicted octanol–water partition coefficient (Wildman–Crippen LogP) is 2.82. The molecule has 0 amide bonds. The second-order valence-electron chi connectivity index (χ2n) is 6.84. The maximum absolute atomic E-state index is 11.6. The van der Waals surface area contributed by atoms with Gasteiger partial charge in [0.1, 0.15) is 0 Å². The molecule has 0 aliphatic carbocycles. The Morgan fingerprint density at radius 2 is 1.14 bits per heavy atom. The van der Waals surface area contributed by atoms with Crippen molar-refractivity contribution in [1.29, 1.82) is 0 Å². The molecule has 0 saturated heterocycles. The van der Waals surface area contributed by atoms with Crippen LogP contribution in [0.5, 0.6) is 0 Å². The largest absolute Gasteiger partial charge is 0.481 e. The number of hydrogen-bond donors (Lipinski definition) is 3. The van der Waals surface area contributed by atoms with Crippen LogP contribution >= 0.6 is 0 Å². The Morgan fingerprint density at radius 1 is 0.727 bits per heavy atom. The molecule has 0 heterocycles. The number of rotatable bonds is 10. The first-order chi connectivity index (χ1) is 9.98. The van der Waals surface area contributed by atoms with Gasteiger partial charge in [-0.2, -0.15) is 0 Å². The van der Waals surface area contributed by atoms with Gasteiger partial charge in [0.15, 0.2) is 0 Å². The van der Waals surface area contributed by atoms with Crippen LogP contribution in [0.1, 0.15) is 47.5 Å². The Bertz CT molecular complexity index is 401. The fourth-order valence-electron chi connectivity index (χ4n) is 2.61. The molecule has 0 radical (unpaired) electrons. The lowest BCUT2D eigenvalue weighted by Gasteiger charge is -2.29. The van der Waals surface area contributed by atoms with Crippen molar-refractivity contribution in [3.05, 3.63) is 0 Å². The van der Waals surface area contributed by atoms with E-state index in [1.807, 2.05) is 20.8 Å². The lowest BCUT2D eigenvalue weighted by atomic mass is 9.73. The van der Waals surface area contributed by atoms with Crippen LogP contribution in [0, 0.1) is 35.5 Å². The van der Waals surface area contributed by atoms with E-state index in [4.69, 9.17) is 0 Å². The molecule has 4 atom stereocenters. The van der Waals surface area contributed by atoms with Gasteiger partial charge in [0.25, 0.3) is 0 Å². The third-order valence-electron chi connectivity index (χ3n) is 4.28. The minimum Gasteiger partial charge on any atom is -0.481 e. The minimum atomic E-state index is -1.42. The molecule has 128 valence electrons. The smallest absolute Gasteiger partial charge is 0.308 e. The molecule has 0 aliphatic rings. The van der Waals surface area contributed by atoms with E-state index in [0.29, 0.717) is 0 Å². The van der Waals surface area contributed by atoms with Crippen molar-refractivity contribution in [3.8, 4) is 0 Å². The molecule has 0 aromatic rings. The van der Waals surface area contributed by atoms with E-state index < -0.39 is 35.7 Å². The van der Waals surface area contributed by atoms with Crippen molar-refractivity contribution in [3.63, 3.8) is 0 Å². The van der Waals surface area contributed by atoms with Gasteiger partial charge in [0.2, 0.25) is 0 Å². The van der Waals surface area contributed by atoms with Crippen LogP contribution in [0.2, 0.25) is 0 Å². The zero-order chi connectivity index (χ0) is 17.6. The van der Waals surface area contributed by atoms with Crippen LogP contribution in [0.4, 0.5) is 0 Å². The van der Waals surface area contributed by atoms with Gasteiger partial charge in [-0.3, -0.25) is 14.4 Å². The quantitative estimate of drug-likeness (QED) is 0.571. The van der Waals surface area contributed by atoms with E-state index in [-0.39, 0.29) is 30.6 Å². The van der Waals surface area contributed by atoms with Crippen LogP contribution < -0.4 is 0 Å². The van der Waals surface area contributed by atoms with E-state index in [2.05, 4.69) is 0 Å². The zero-order valence-corrected chi connectivity index (χ0v) is 13.9. The van der Waals surface area contributed by atoms with Gasteiger partial charge in [-0.1, -0.05) is 34.6 Å². The van der Waals surface area contributed by atoms with Crippen molar-refractivity contribution in [1.82, 2.24) is 0 Å². The van der Waals surface area contributed by atoms with Crippen molar-refractivity contribution >= 4 is 17.9 Å². The lowest BCUT2D eigenvalue weighted by Crippen LogP contribution is -2.40. The maximum atomic E-state index is 11.6. The van der Waals surface area contributed by atoms with Gasteiger partial charge in [0.05, 0.1) is 17.8 Å². The summed E-state index contributed by atoms with van der Waals surface area (Å²) in [5.41, 5.74) is 0. The first-order valence-electron chi connectivity index (χ1n) is 7.67. The molecular formula is C16H28O6. The van der Waals surface area contributed by atoms with E-state index in [1.165, 1.54) is 0 Å². The van der Waals surface area contributed by atoms with Crippen molar-refractivity contribution in [2.75, 3.05) is 0 Å². The second-order valence-corrected chi connectivity index (χ2v) is 6.84. The molecule has 6 heteroatoms. The topological polar surface area (TPSA) is 112 Å². The van der Waals surface area contributed by atoms with Crippen molar-refractivity contribution in [2.24, 2.45) is 35.5 Å². The monoisotopic (exact) mass is 316 g/mol. The summed E-state index contributed by atoms with van der Waals surface area (Å²) >= 11 is 0. The molecule has 0 rings (SSSR count). The van der Waals surface area contributed by atoms with Gasteiger partial charge in [-0.25, -0.2) is 0 Å². The summed E-state index contributed by atoms with van der Waals surface area (Å²) in [7, 11) is 0. The second kappa shape index (κ2) is 8.76. The van der Waals surface area contributed by atoms with Gasteiger partial charge in [0, 0.05) is 0 Å². The number of aliphatic carboxylic acids is 3. The summed E-state index contributed by atoms with van der Waals surface area (Å²) < 4.78 is 0. The van der Waals surface area contributed by atoms with E-state index in [1.54, 1.807) is 13.8 Å². The normalized spacial score (nSPS) is 17.0. The minimum absolute atomic E-state index is 0.00329. The summed E-state index contributed by atoms with van der Waals surface area (Å²) in [6, 6.07) is 0. The Balaban J connectivity index is 5.57. The molecule has 6 nitrogen and oxygen atoms in total. The van der Waals surface area contributed by atoms with Crippen LogP contribution in [0.25, 0.3) is 0 Å². The van der Waals surface area contributed by atoms with Crippen LogP contribution in [-0.4, -0.2) is 33.2 Å². The SMILES string of the molecule is CC(C)CC(C(=O)O)C(C(=O)O)C(CC(C)C(C)C)C(=O)O. The van der Waals surface area contributed by atoms with Crippen molar-refractivity contribution < 1.29 is 29.7 Å². The standard InChI is InChI=1S/C16H28O6/c1-8(2)6-11(14(17)18)13(16(21)22)12(15(19)20)7-10(5)9(3)4/h8-13H,6-7H2,1-5H3,(H,17,18)(H,19,20)(H,21,22). The number of carbonyl (C=O) groups is 3. The van der Waals surface area contributed by atoms with Crippen LogP contribution in [0.15, 0.2) is 0 Å². The van der Waals surface area contributed by atoms with Gasteiger partial charge in [-0.15, -0.1) is 0 Å². The number of carboxylic acids is 3. The highest BCUT2D eigenvalue weighted by molar-refractivity contribution is 5.85. The average Bonchev–Trinajstić information content (AvgIpc) is 2.34. The summed E-state index contributed by atoms with van der Waals surface area (Å²) in [4.78, 5) is 34.6. The summed E-state index contributed by atoms with van der Waals surface area (Å²) in [5.74, 6) is -7.48. The highest BCUT2D eigenvalue weighted by atomic mass is 16.4. The molecule has 3 N–H and O–H groups in total. The average molecular weight is 316 g/mol. The number of hydrogen-bond acceptors (Lipinski definition) is 3. The fraction of sp³-hybridized carbons (Fsp3) is 0.812. The third kappa shape index (κ3) is 6.03. The van der Waals surface area contributed by atoms with Crippen molar-refractivity contribution in [2.45, 2.75) is 47.5 Å². The maximum Gasteiger partial charge on any atom is 0.308 e. The summed E-state index contributed by atoms with van der Waals surface area (Å²) in [6.07, 6.45) is 0.304. The fourth-order valence-corrected chi connectivity index (χ4v) is 2.61. The lowest BCUT2D eigenvalue weighted by molar-refractivity contribution is -0.163.